The first kappa shape index (κ1) is 17.8. The molecule has 2 aromatic rings. The molecule has 3 rings (SSSR count). The average Bonchev–Trinajstić information content (AvgIpc) is 3.04. The van der Waals surface area contributed by atoms with Crippen molar-refractivity contribution in [2.24, 2.45) is 0 Å². The second kappa shape index (κ2) is 7.46. The van der Waals surface area contributed by atoms with Crippen LogP contribution in [0.25, 0.3) is 5.69 Å². The molecule has 0 spiro atoms. The number of amides is 1. The van der Waals surface area contributed by atoms with Gasteiger partial charge in [0.25, 0.3) is 5.69 Å². The van der Waals surface area contributed by atoms with Crippen LogP contribution in [0.2, 0.25) is 0 Å². The Morgan fingerprint density at radius 3 is 2.46 bits per heavy atom. The normalized spacial score (nSPS) is 15.0. The van der Waals surface area contributed by atoms with Gasteiger partial charge in [-0.05, 0) is 42.3 Å². The molecule has 1 fully saturated rings. The van der Waals surface area contributed by atoms with Crippen LogP contribution < -0.4 is 5.69 Å². The number of benzene rings is 1. The lowest BCUT2D eigenvalue weighted by Crippen LogP contribution is -2.46. The Morgan fingerprint density at radius 1 is 1.23 bits per heavy atom. The maximum atomic E-state index is 12.8. The van der Waals surface area contributed by atoms with Crippen molar-refractivity contribution in [1.82, 2.24) is 24.7 Å². The molecule has 1 aromatic heterocycles. The maximum absolute atomic E-state index is 12.8. The Hall–Kier alpha value is -3.04. The van der Waals surface area contributed by atoms with Gasteiger partial charge in [0.2, 0.25) is 0 Å². The molecule has 0 atom stereocenters. The van der Waals surface area contributed by atoms with Gasteiger partial charge in [-0.2, -0.15) is 4.68 Å². The lowest BCUT2D eigenvalue weighted by molar-refractivity contribution is -0.384. The number of non-ortho nitro benzene ring substituents is 1. The highest BCUT2D eigenvalue weighted by Gasteiger charge is 2.28. The molecule has 0 bridgehead atoms. The molecule has 10 nitrogen and oxygen atoms in total. The monoisotopic (exact) mass is 360 g/mol. The largest absolute Gasteiger partial charge is 0.377 e. The number of carbonyl (C=O) groups excluding carboxylic acids is 1. The second-order valence-electron chi connectivity index (χ2n) is 6.22. The predicted octanol–water partition coefficient (Wildman–Crippen LogP) is 1.96. The highest BCUT2D eigenvalue weighted by Crippen LogP contribution is 2.22. The van der Waals surface area contributed by atoms with Crippen molar-refractivity contribution >= 4 is 11.7 Å². The van der Waals surface area contributed by atoms with E-state index in [-0.39, 0.29) is 11.7 Å². The molecule has 1 amide bonds. The molecule has 1 heterocycles. The Bertz CT molecular complexity index is 850. The van der Waals surface area contributed by atoms with E-state index in [0.717, 1.165) is 35.0 Å². The number of hydrogen-bond acceptors (Lipinski definition) is 6. The second-order valence-corrected chi connectivity index (χ2v) is 6.22. The zero-order valence-electron chi connectivity index (χ0n) is 14.4. The fraction of sp³-hybridized carbons (Fsp3) is 0.500. The molecule has 10 heteroatoms. The van der Waals surface area contributed by atoms with Crippen LogP contribution in [0, 0.1) is 10.1 Å². The van der Waals surface area contributed by atoms with Crippen molar-refractivity contribution in [2.45, 2.75) is 45.1 Å². The summed E-state index contributed by atoms with van der Waals surface area (Å²) in [5.41, 5.74) is -0.488. The first-order chi connectivity index (χ1) is 12.5. The smallest absolute Gasteiger partial charge is 0.320 e. The number of rotatable bonds is 4. The first-order valence-corrected chi connectivity index (χ1v) is 8.63. The number of nitrogens with zero attached hydrogens (tertiary/aromatic N) is 6. The van der Waals surface area contributed by atoms with Crippen LogP contribution in [0.1, 0.15) is 39.0 Å². The Kier molecular flexibility index (Phi) is 5.10. The van der Waals surface area contributed by atoms with Crippen LogP contribution in [0.3, 0.4) is 0 Å². The summed E-state index contributed by atoms with van der Waals surface area (Å²) in [5.74, 6) is 0. The Morgan fingerprint density at radius 2 is 1.88 bits per heavy atom. The molecule has 26 heavy (non-hydrogen) atoms. The number of nitro benzene ring substituents is 1. The van der Waals surface area contributed by atoms with E-state index in [1.165, 1.54) is 30.7 Å². The first-order valence-electron chi connectivity index (χ1n) is 8.63. The van der Waals surface area contributed by atoms with Gasteiger partial charge < -0.3 is 4.90 Å². The topological polar surface area (TPSA) is 116 Å². The number of carbonyl (C=O) groups is 1. The number of tetrazole rings is 1. The van der Waals surface area contributed by atoms with Crippen LogP contribution in [-0.4, -0.2) is 48.2 Å². The van der Waals surface area contributed by atoms with Gasteiger partial charge in [-0.3, -0.25) is 10.1 Å². The molecule has 1 saturated carbocycles. The van der Waals surface area contributed by atoms with E-state index in [1.54, 1.807) is 4.90 Å². The van der Waals surface area contributed by atoms with Crippen molar-refractivity contribution in [3.63, 3.8) is 0 Å². The van der Waals surface area contributed by atoms with Crippen LogP contribution in [0.4, 0.5) is 10.5 Å². The van der Waals surface area contributed by atoms with Crippen molar-refractivity contribution in [2.75, 3.05) is 6.54 Å². The van der Waals surface area contributed by atoms with Gasteiger partial charge in [-0.1, -0.05) is 19.3 Å². The standard InChI is InChI=1S/C16H20N6O4/c1-2-19(12-6-4-3-5-7-12)15(23)21-16(24)20(17-18-21)13-8-10-14(11-9-13)22(25)26/h8-12H,2-7H2,1H3. The summed E-state index contributed by atoms with van der Waals surface area (Å²) in [6.45, 7) is 2.36. The lowest BCUT2D eigenvalue weighted by Gasteiger charge is -2.32. The van der Waals surface area contributed by atoms with Gasteiger partial charge in [0.05, 0.1) is 10.6 Å². The molecule has 138 valence electrons. The fourth-order valence-electron chi connectivity index (χ4n) is 3.31. The summed E-state index contributed by atoms with van der Waals surface area (Å²) in [4.78, 5) is 37.2. The van der Waals surface area contributed by atoms with Crippen LogP contribution in [0.15, 0.2) is 29.1 Å². The molecular weight excluding hydrogens is 340 g/mol. The number of nitro groups is 1. The molecule has 1 aromatic carbocycles. The van der Waals surface area contributed by atoms with E-state index in [0.29, 0.717) is 12.2 Å². The van der Waals surface area contributed by atoms with E-state index in [4.69, 9.17) is 0 Å². The highest BCUT2D eigenvalue weighted by molar-refractivity contribution is 5.75. The number of aromatic nitrogens is 4. The molecule has 0 unspecified atom stereocenters. The van der Waals surface area contributed by atoms with Gasteiger partial charge >= 0.3 is 11.7 Å². The molecule has 1 aliphatic rings. The minimum absolute atomic E-state index is 0.0975. The SMILES string of the molecule is CCN(C(=O)n1nnn(-c2ccc([N+](=O)[O-])cc2)c1=O)C1CCCCC1. The third-order valence-electron chi connectivity index (χ3n) is 4.67. The van der Waals surface area contributed by atoms with Crippen LogP contribution in [0.5, 0.6) is 0 Å². The van der Waals surface area contributed by atoms with Gasteiger partial charge in [0.15, 0.2) is 0 Å². The molecule has 0 aliphatic heterocycles. The molecule has 0 saturated heterocycles. The van der Waals surface area contributed by atoms with Gasteiger partial charge in [0.1, 0.15) is 0 Å². The van der Waals surface area contributed by atoms with Crippen LogP contribution >= 0.6 is 0 Å². The quantitative estimate of drug-likeness (QED) is 0.467. The van der Waals surface area contributed by atoms with Crippen molar-refractivity contribution < 1.29 is 9.72 Å². The summed E-state index contributed by atoms with van der Waals surface area (Å²) >= 11 is 0. The van der Waals surface area contributed by atoms with Crippen molar-refractivity contribution in [3.05, 3.63) is 44.9 Å². The summed E-state index contributed by atoms with van der Waals surface area (Å²) < 4.78 is 1.70. The van der Waals surface area contributed by atoms with Gasteiger partial charge in [-0.15, -0.1) is 4.68 Å². The lowest BCUT2D eigenvalue weighted by atomic mass is 9.94. The average molecular weight is 360 g/mol. The molecule has 1 aliphatic carbocycles. The predicted molar refractivity (Wildman–Crippen MR) is 92.3 cm³/mol. The van der Waals surface area contributed by atoms with E-state index >= 15 is 0 Å². The zero-order chi connectivity index (χ0) is 18.7. The summed E-state index contributed by atoms with van der Waals surface area (Å²) in [5, 5.41) is 18.2. The van der Waals surface area contributed by atoms with Crippen molar-refractivity contribution in [3.8, 4) is 5.69 Å². The van der Waals surface area contributed by atoms with Crippen molar-refractivity contribution in [1.29, 1.82) is 0 Å². The summed E-state index contributed by atoms with van der Waals surface area (Å²) in [6, 6.07) is 4.94. The van der Waals surface area contributed by atoms with Gasteiger partial charge in [0, 0.05) is 24.7 Å². The number of hydrogen-bond donors (Lipinski definition) is 0. The Labute approximate surface area is 149 Å². The molecule has 0 radical (unpaired) electrons. The molecule has 0 N–H and O–H groups in total. The highest BCUT2D eigenvalue weighted by atomic mass is 16.6. The minimum atomic E-state index is -0.696. The zero-order valence-corrected chi connectivity index (χ0v) is 14.4. The van der Waals surface area contributed by atoms with E-state index in [2.05, 4.69) is 10.4 Å². The summed E-state index contributed by atoms with van der Waals surface area (Å²) in [6.07, 6.45) is 5.14. The minimum Gasteiger partial charge on any atom is -0.320 e. The van der Waals surface area contributed by atoms with Crippen LogP contribution in [-0.2, 0) is 0 Å². The van der Waals surface area contributed by atoms with E-state index < -0.39 is 16.6 Å². The maximum Gasteiger partial charge on any atom is 0.377 e. The van der Waals surface area contributed by atoms with E-state index in [9.17, 15) is 19.7 Å². The third kappa shape index (κ3) is 3.35. The molecular formula is C16H20N6O4. The van der Waals surface area contributed by atoms with E-state index in [1.807, 2.05) is 6.92 Å². The fourth-order valence-corrected chi connectivity index (χ4v) is 3.31. The van der Waals surface area contributed by atoms with Gasteiger partial charge in [-0.25, -0.2) is 9.59 Å². The summed E-state index contributed by atoms with van der Waals surface area (Å²) in [7, 11) is 0. The third-order valence-corrected chi connectivity index (χ3v) is 4.67. The Balaban J connectivity index is 1.86.